The van der Waals surface area contributed by atoms with Gasteiger partial charge in [0.25, 0.3) is 0 Å². The van der Waals surface area contributed by atoms with Gasteiger partial charge in [-0.05, 0) is 111 Å². The molecule has 2 nitrogen and oxygen atoms in total. The molecule has 0 unspecified atom stereocenters. The van der Waals surface area contributed by atoms with Gasteiger partial charge in [0, 0.05) is 33.5 Å². The summed E-state index contributed by atoms with van der Waals surface area (Å²) in [5.41, 5.74) is 14.0. The normalized spacial score (nSPS) is 11.3. The smallest absolute Gasteiger partial charge is 0.0547 e. The van der Waals surface area contributed by atoms with Crippen molar-refractivity contribution >= 4 is 49.6 Å². The van der Waals surface area contributed by atoms with E-state index in [0.29, 0.717) is 0 Å². The van der Waals surface area contributed by atoms with Crippen LogP contribution in [0.2, 0.25) is 0 Å². The zero-order valence-electron chi connectivity index (χ0n) is 29.7. The molecule has 0 atom stereocenters. The molecular formula is C52H36N2. The maximum atomic E-state index is 2.39. The minimum atomic E-state index is 1.10. The summed E-state index contributed by atoms with van der Waals surface area (Å²) in [5.74, 6) is 0. The van der Waals surface area contributed by atoms with E-state index in [1.165, 1.54) is 66.0 Å². The summed E-state index contributed by atoms with van der Waals surface area (Å²) >= 11 is 0. The van der Waals surface area contributed by atoms with E-state index in [0.717, 1.165) is 22.7 Å². The van der Waals surface area contributed by atoms with Gasteiger partial charge in [0.1, 0.15) is 0 Å². The van der Waals surface area contributed by atoms with Crippen molar-refractivity contribution < 1.29 is 0 Å². The molecular weight excluding hydrogens is 653 g/mol. The van der Waals surface area contributed by atoms with Crippen LogP contribution in [0.15, 0.2) is 218 Å². The maximum absolute atomic E-state index is 2.39. The number of nitrogens with zero attached hydrogens (tertiary/aromatic N) is 2. The molecule has 54 heavy (non-hydrogen) atoms. The van der Waals surface area contributed by atoms with Crippen LogP contribution in [0.1, 0.15) is 0 Å². The first-order valence-electron chi connectivity index (χ1n) is 18.5. The van der Waals surface area contributed by atoms with Crippen LogP contribution < -0.4 is 4.90 Å². The van der Waals surface area contributed by atoms with Gasteiger partial charge in [-0.25, -0.2) is 0 Å². The highest BCUT2D eigenvalue weighted by Crippen LogP contribution is 2.42. The van der Waals surface area contributed by atoms with Crippen molar-refractivity contribution in [2.45, 2.75) is 0 Å². The number of hydrogen-bond acceptors (Lipinski definition) is 1. The lowest BCUT2D eigenvalue weighted by Crippen LogP contribution is -2.10. The molecule has 1 aromatic heterocycles. The van der Waals surface area contributed by atoms with Crippen molar-refractivity contribution in [3.8, 4) is 39.1 Å². The van der Waals surface area contributed by atoms with Crippen molar-refractivity contribution in [3.63, 3.8) is 0 Å². The van der Waals surface area contributed by atoms with Crippen LogP contribution in [0.3, 0.4) is 0 Å². The Hall–Kier alpha value is -7.16. The predicted octanol–water partition coefficient (Wildman–Crippen LogP) is 14.4. The molecule has 9 aromatic carbocycles. The molecule has 0 amide bonds. The summed E-state index contributed by atoms with van der Waals surface area (Å²) in [7, 11) is 0. The standard InChI is InChI=1S/C52H36N2/c1-3-14-37(15-4-1)41-18-11-22-46(35-41)53(45-32-30-39(31-33-45)42-29-28-38-16-7-8-17-40(38)34-42)47-23-12-19-43(36-47)48-25-13-27-51-52(48)49-24-9-10-26-50(49)54(51)44-20-5-2-6-21-44/h1-36H. The highest BCUT2D eigenvalue weighted by Gasteiger charge is 2.18. The van der Waals surface area contributed by atoms with E-state index in [4.69, 9.17) is 0 Å². The van der Waals surface area contributed by atoms with Gasteiger partial charge in [-0.15, -0.1) is 0 Å². The van der Waals surface area contributed by atoms with Crippen LogP contribution >= 0.6 is 0 Å². The lowest BCUT2D eigenvalue weighted by molar-refractivity contribution is 1.18. The van der Waals surface area contributed by atoms with Crippen LogP contribution in [-0.4, -0.2) is 4.57 Å². The Morgan fingerprint density at radius 1 is 0.315 bits per heavy atom. The van der Waals surface area contributed by atoms with Crippen molar-refractivity contribution in [3.05, 3.63) is 218 Å². The Morgan fingerprint density at radius 3 is 1.67 bits per heavy atom. The minimum Gasteiger partial charge on any atom is -0.310 e. The lowest BCUT2D eigenvalue weighted by atomic mass is 9.98. The summed E-state index contributed by atoms with van der Waals surface area (Å²) in [5, 5.41) is 5.00. The van der Waals surface area contributed by atoms with Crippen LogP contribution in [0.4, 0.5) is 17.1 Å². The monoisotopic (exact) mass is 688 g/mol. The molecule has 0 saturated carbocycles. The van der Waals surface area contributed by atoms with Gasteiger partial charge < -0.3 is 9.47 Å². The molecule has 0 radical (unpaired) electrons. The van der Waals surface area contributed by atoms with E-state index < -0.39 is 0 Å². The molecule has 0 fully saturated rings. The second-order valence-corrected chi connectivity index (χ2v) is 13.8. The third kappa shape index (κ3) is 5.62. The lowest BCUT2D eigenvalue weighted by Gasteiger charge is -2.27. The second kappa shape index (κ2) is 13.4. The van der Waals surface area contributed by atoms with Gasteiger partial charge in [0.05, 0.1) is 11.0 Å². The topological polar surface area (TPSA) is 8.17 Å². The van der Waals surface area contributed by atoms with Gasteiger partial charge in [-0.1, -0.05) is 152 Å². The molecule has 10 rings (SSSR count). The van der Waals surface area contributed by atoms with Crippen molar-refractivity contribution in [1.82, 2.24) is 4.57 Å². The van der Waals surface area contributed by atoms with Crippen LogP contribution in [0, 0.1) is 0 Å². The Balaban J connectivity index is 1.12. The first kappa shape index (κ1) is 31.6. The first-order chi connectivity index (χ1) is 26.8. The molecule has 0 aliphatic carbocycles. The van der Waals surface area contributed by atoms with E-state index in [-0.39, 0.29) is 0 Å². The van der Waals surface area contributed by atoms with Crippen molar-refractivity contribution in [1.29, 1.82) is 0 Å². The first-order valence-corrected chi connectivity index (χ1v) is 18.5. The van der Waals surface area contributed by atoms with E-state index >= 15 is 0 Å². The fourth-order valence-corrected chi connectivity index (χ4v) is 8.00. The zero-order valence-corrected chi connectivity index (χ0v) is 29.7. The molecule has 1 heterocycles. The van der Waals surface area contributed by atoms with Crippen LogP contribution in [0.5, 0.6) is 0 Å². The maximum Gasteiger partial charge on any atom is 0.0547 e. The fraction of sp³-hybridized carbons (Fsp3) is 0. The molecule has 0 bridgehead atoms. The third-order valence-electron chi connectivity index (χ3n) is 10.5. The van der Waals surface area contributed by atoms with E-state index in [1.807, 2.05) is 0 Å². The number of rotatable bonds is 7. The molecule has 0 saturated heterocycles. The number of aromatic nitrogens is 1. The second-order valence-electron chi connectivity index (χ2n) is 13.8. The van der Waals surface area contributed by atoms with E-state index in [9.17, 15) is 0 Å². The largest absolute Gasteiger partial charge is 0.310 e. The molecule has 0 aliphatic heterocycles. The highest BCUT2D eigenvalue weighted by atomic mass is 15.1. The zero-order chi connectivity index (χ0) is 35.8. The Bertz CT molecular complexity index is 2920. The molecule has 10 aromatic rings. The molecule has 2 heteroatoms. The van der Waals surface area contributed by atoms with Crippen molar-refractivity contribution in [2.75, 3.05) is 4.90 Å². The Labute approximate surface area is 315 Å². The number of benzene rings is 9. The van der Waals surface area contributed by atoms with Crippen LogP contribution in [0.25, 0.3) is 71.6 Å². The van der Waals surface area contributed by atoms with E-state index in [2.05, 4.69) is 228 Å². The van der Waals surface area contributed by atoms with Gasteiger partial charge in [0.2, 0.25) is 0 Å². The predicted molar refractivity (Wildman–Crippen MR) is 229 cm³/mol. The number of para-hydroxylation sites is 2. The Kier molecular flexibility index (Phi) is 7.85. The molecule has 0 aliphatic rings. The SMILES string of the molecule is c1ccc(-c2cccc(N(c3ccc(-c4ccc5ccccc5c4)cc3)c3cccc(-c4cccc5c4c4ccccc4n5-c4ccccc4)c3)c2)cc1. The number of anilines is 3. The average molecular weight is 689 g/mol. The van der Waals surface area contributed by atoms with Gasteiger partial charge in [-0.2, -0.15) is 0 Å². The summed E-state index contributed by atoms with van der Waals surface area (Å²) in [6.07, 6.45) is 0. The number of fused-ring (bicyclic) bond motifs is 4. The fourth-order valence-electron chi connectivity index (χ4n) is 8.00. The average Bonchev–Trinajstić information content (AvgIpc) is 3.59. The summed E-state index contributed by atoms with van der Waals surface area (Å²) in [6, 6.07) is 78.9. The van der Waals surface area contributed by atoms with Crippen LogP contribution in [-0.2, 0) is 0 Å². The summed E-state index contributed by atoms with van der Waals surface area (Å²) < 4.78 is 2.39. The van der Waals surface area contributed by atoms with Gasteiger partial charge in [-0.3, -0.25) is 0 Å². The minimum absolute atomic E-state index is 1.10. The number of hydrogen-bond donors (Lipinski definition) is 0. The molecule has 0 N–H and O–H groups in total. The van der Waals surface area contributed by atoms with Crippen molar-refractivity contribution in [2.24, 2.45) is 0 Å². The highest BCUT2D eigenvalue weighted by molar-refractivity contribution is 6.16. The van der Waals surface area contributed by atoms with Gasteiger partial charge >= 0.3 is 0 Å². The van der Waals surface area contributed by atoms with E-state index in [1.54, 1.807) is 0 Å². The molecule has 254 valence electrons. The third-order valence-corrected chi connectivity index (χ3v) is 10.5. The summed E-state index contributed by atoms with van der Waals surface area (Å²) in [4.78, 5) is 2.38. The van der Waals surface area contributed by atoms with Gasteiger partial charge in [0.15, 0.2) is 0 Å². The molecule has 0 spiro atoms. The Morgan fingerprint density at radius 2 is 0.870 bits per heavy atom. The quantitative estimate of drug-likeness (QED) is 0.162. The summed E-state index contributed by atoms with van der Waals surface area (Å²) in [6.45, 7) is 0.